The van der Waals surface area contributed by atoms with Crippen molar-refractivity contribution in [1.29, 1.82) is 0 Å². The molecule has 686 valence electrons. The van der Waals surface area contributed by atoms with Crippen LogP contribution in [0, 0.1) is 0 Å². The molecule has 0 aliphatic carbocycles. The first-order chi connectivity index (χ1) is 57.8. The van der Waals surface area contributed by atoms with Crippen molar-refractivity contribution in [2.24, 2.45) is 0 Å². The molecular formula is C77H140N14O28. The van der Waals surface area contributed by atoms with E-state index in [9.17, 15) is 71.5 Å². The van der Waals surface area contributed by atoms with Gasteiger partial charge in [0.2, 0.25) is 0 Å². The van der Waals surface area contributed by atoms with Crippen LogP contribution in [0.25, 0.3) is 0 Å². The lowest BCUT2D eigenvalue weighted by Gasteiger charge is -2.50. The van der Waals surface area contributed by atoms with E-state index in [4.69, 9.17) is 66.3 Å². The Morgan fingerprint density at radius 1 is 0.168 bits per heavy atom. The highest BCUT2D eigenvalue weighted by Gasteiger charge is 2.60. The molecule has 0 unspecified atom stereocenters. The van der Waals surface area contributed by atoms with Crippen molar-refractivity contribution in [3.63, 3.8) is 0 Å². The van der Waals surface area contributed by atoms with Gasteiger partial charge in [0.15, 0.2) is 44.0 Å². The van der Waals surface area contributed by atoms with Crippen LogP contribution in [0.5, 0.6) is 0 Å². The molecule has 0 aromatic heterocycles. The number of aliphatic hydroxyl groups is 14. The van der Waals surface area contributed by atoms with E-state index >= 15 is 0 Å². The molecule has 14 bridgehead atoms. The van der Waals surface area contributed by atoms with Crippen LogP contribution in [-0.2, 0) is 66.3 Å². The van der Waals surface area contributed by atoms with Gasteiger partial charge in [0.05, 0.1) is 0 Å². The van der Waals surface area contributed by atoms with Crippen LogP contribution in [0.15, 0.2) is 0 Å². The Balaban J connectivity index is 0.766. The summed E-state index contributed by atoms with van der Waals surface area (Å²) in [5.74, 6) is 0. The first-order valence-electron chi connectivity index (χ1n) is 44.6. The van der Waals surface area contributed by atoms with Gasteiger partial charge in [0.25, 0.3) is 0 Å². The van der Waals surface area contributed by atoms with Crippen LogP contribution >= 0.6 is 0 Å². The van der Waals surface area contributed by atoms with Gasteiger partial charge in [-0.2, -0.15) is 0 Å². The summed E-state index contributed by atoms with van der Waals surface area (Å²) in [6, 6.07) is 0.374. The van der Waals surface area contributed by atoms with Crippen LogP contribution in [0.1, 0.15) is 89.9 Å². The summed E-state index contributed by atoms with van der Waals surface area (Å²) in [6.45, 7) is 7.93. The summed E-state index contributed by atoms with van der Waals surface area (Å²) in [4.78, 5) is 0. The average molecular weight is 1710 g/mol. The number of hydrogen-bond donors (Lipinski definition) is 28. The van der Waals surface area contributed by atoms with E-state index in [1.165, 1.54) is 0 Å². The van der Waals surface area contributed by atoms with Gasteiger partial charge in [0, 0.05) is 134 Å². The summed E-state index contributed by atoms with van der Waals surface area (Å²) in [5.41, 5.74) is 0. The molecule has 0 aromatic carbocycles. The molecule has 0 radical (unpaired) electrons. The zero-order valence-electron chi connectivity index (χ0n) is 68.0. The lowest BCUT2D eigenvalue weighted by molar-refractivity contribution is -0.392. The molecule has 28 aliphatic heterocycles. The molecule has 119 heavy (non-hydrogen) atoms. The highest BCUT2D eigenvalue weighted by molar-refractivity contribution is 5.05. The van der Waals surface area contributed by atoms with E-state index in [1.807, 2.05) is 0 Å². The van der Waals surface area contributed by atoms with Crippen LogP contribution < -0.4 is 74.4 Å². The van der Waals surface area contributed by atoms with Gasteiger partial charge in [-0.3, -0.25) is 0 Å². The minimum absolute atomic E-state index is 0.0534. The molecule has 42 nitrogen and oxygen atoms in total. The average Bonchev–Trinajstić information content (AvgIpc) is 1.05. The Morgan fingerprint density at radius 2 is 0.294 bits per heavy atom. The standard InChI is InChI=1S/C77H140N14O28/c92-50-57(99)71-106-43(29-78-22-36-8-1-15-85-36)64(50)113-72-58(100)51(93)66(45(107-72)31-80-24-38-10-3-17-87-38)115-74-60(102)53(95)68(47(109-74)33-82-26-40-12-5-19-89-40)117-76-62(104)55(97)70(49(111-76)35-84-28-42-14-7-21-91-42)119-77-63(105)56(98)69(48(112-77)34-83-27-41-13-6-20-90-41)118-75-61(103)54(96)67(46(110-75)32-81-25-39-11-4-18-88-39)116-73-59(101)52(94)65(114-71)44(108-73)30-79-23-37-9-2-16-86-37/h36-105H,1-35H2/t36-,37-,38-,39-,40-,41-,42-,43+,44+,45+,46+,47+,48+,49+,50+,51+,52+,53+,54+,55+,56+,57+,58+,59+,60+,61+,62+,63+,64+,65+,66+,67+,68+,69+,70+,71+,72+,73+,74+,75+,76+,77+/m0/s1. The Labute approximate surface area is 694 Å². The molecule has 28 rings (SSSR count). The van der Waals surface area contributed by atoms with Gasteiger partial charge in [-0.1, -0.05) is 0 Å². The predicted molar refractivity (Wildman–Crippen MR) is 416 cm³/mol. The van der Waals surface area contributed by atoms with E-state index in [0.29, 0.717) is 45.8 Å². The van der Waals surface area contributed by atoms with Gasteiger partial charge < -0.3 is 212 Å². The van der Waals surface area contributed by atoms with Crippen molar-refractivity contribution < 1.29 is 138 Å². The third-order valence-corrected chi connectivity index (χ3v) is 26.8. The van der Waals surface area contributed by atoms with E-state index < -0.39 is 215 Å². The summed E-state index contributed by atoms with van der Waals surface area (Å²) in [5, 5.41) is 223. The van der Waals surface area contributed by atoms with Crippen molar-refractivity contribution >= 4 is 0 Å². The Morgan fingerprint density at radius 3 is 0.403 bits per heavy atom. The smallest absolute Gasteiger partial charge is 0.187 e. The predicted octanol–water partition coefficient (Wildman–Crippen LogP) is -12.8. The Bertz CT molecular complexity index is 2440. The molecule has 0 spiro atoms. The number of rotatable bonds is 28. The Kier molecular flexibility index (Phi) is 34.1. The molecule has 0 amide bonds. The summed E-state index contributed by atoms with van der Waals surface area (Å²) in [7, 11) is 0. The van der Waals surface area contributed by atoms with Crippen molar-refractivity contribution in [3.05, 3.63) is 0 Å². The van der Waals surface area contributed by atoms with Crippen molar-refractivity contribution in [3.8, 4) is 0 Å². The highest BCUT2D eigenvalue weighted by Crippen LogP contribution is 2.40. The molecule has 42 atom stereocenters. The molecule has 28 fully saturated rings. The highest BCUT2D eigenvalue weighted by atomic mass is 16.8. The first-order valence-corrected chi connectivity index (χ1v) is 44.6. The van der Waals surface area contributed by atoms with Crippen LogP contribution in [-0.4, -0.2) is 466 Å². The van der Waals surface area contributed by atoms with Gasteiger partial charge in [0.1, 0.15) is 171 Å². The van der Waals surface area contributed by atoms with Crippen molar-refractivity contribution in [2.45, 2.75) is 347 Å². The number of nitrogens with one attached hydrogen (secondary N) is 14. The molecule has 0 saturated carbocycles. The quantitative estimate of drug-likeness (QED) is 0.0346. The fourth-order valence-corrected chi connectivity index (χ4v) is 19.9. The maximum absolute atomic E-state index is 12.6. The van der Waals surface area contributed by atoms with Crippen LogP contribution in [0.2, 0.25) is 0 Å². The molecule has 28 N–H and O–H groups in total. The van der Waals surface area contributed by atoms with Crippen molar-refractivity contribution in [1.82, 2.24) is 74.4 Å². The topological polar surface area (TPSA) is 581 Å². The van der Waals surface area contributed by atoms with Gasteiger partial charge in [-0.15, -0.1) is 0 Å². The molecular weight excluding hydrogens is 1570 g/mol. The van der Waals surface area contributed by atoms with Gasteiger partial charge in [-0.25, -0.2) is 0 Å². The summed E-state index contributed by atoms with van der Waals surface area (Å²) < 4.78 is 92.9. The minimum Gasteiger partial charge on any atom is -0.387 e. The summed E-state index contributed by atoms with van der Waals surface area (Å²) >= 11 is 0. The van der Waals surface area contributed by atoms with E-state index in [0.717, 1.165) is 136 Å². The zero-order chi connectivity index (χ0) is 82.8. The lowest BCUT2D eigenvalue weighted by Crippen LogP contribution is -2.69. The minimum atomic E-state index is -2.01. The third kappa shape index (κ3) is 23.0. The molecule has 28 aliphatic rings. The van der Waals surface area contributed by atoms with E-state index in [2.05, 4.69) is 74.4 Å². The zero-order valence-corrected chi connectivity index (χ0v) is 68.0. The largest absolute Gasteiger partial charge is 0.387 e. The lowest BCUT2D eigenvalue weighted by atomic mass is 9.94. The SMILES string of the molecule is O[C@@H]1[C@@H](O)[C@H]2O[C@H]3[C@H](O)[C@@H](O)[C@@H](O[C@H]4[C@H](O)[C@@H](O)[C@@H](O[C@H]5[C@H](O)[C@@H](O)[C@@H](O[C@H]6[C@H](O)[C@@H](O)[C@@H](O[C@H]7[C@H](O)[C@@H](O)[C@@H](O[C@H]8[C@H](O)[C@@H](O)[C@@H](O[C@@H]1[C@@H](CNC[C@@H]1CCCN1)O2)O[C@@H]8CNC[C@@H]1CCCN1)O[C@@H]7CNC[C@@H]1CCCN1)O[C@@H]6CNC[C@@H]1CCCN1)O[C@@H]5CNC[C@@H]1CCCN1)O[C@@H]4CNC[C@@H]1CCCN1)O[C@@H]3CNC[C@@H]1CCCN1. The monoisotopic (exact) mass is 1710 g/mol. The number of ether oxygens (including phenoxy) is 14. The second-order valence-electron chi connectivity index (χ2n) is 35.5. The van der Waals surface area contributed by atoms with Gasteiger partial charge in [-0.05, 0) is 136 Å². The van der Waals surface area contributed by atoms with Crippen molar-refractivity contribution in [2.75, 3.05) is 137 Å². The molecule has 28 saturated heterocycles. The summed E-state index contributed by atoms with van der Waals surface area (Å²) in [6.07, 6.45) is -47.7. The third-order valence-electron chi connectivity index (χ3n) is 26.8. The first kappa shape index (κ1) is 92.0. The normalized spacial score (nSPS) is 49.1. The van der Waals surface area contributed by atoms with E-state index in [-0.39, 0.29) is 88.1 Å². The fraction of sp³-hybridized carbons (Fsp3) is 1.00. The maximum atomic E-state index is 12.6. The maximum Gasteiger partial charge on any atom is 0.187 e. The Hall–Kier alpha value is -1.68. The number of hydrogen-bond acceptors (Lipinski definition) is 42. The second kappa shape index (κ2) is 44.1. The second-order valence-corrected chi connectivity index (χ2v) is 35.5. The van der Waals surface area contributed by atoms with E-state index in [1.54, 1.807) is 0 Å². The number of aliphatic hydroxyl groups excluding tert-OH is 14. The molecule has 28 heterocycles. The van der Waals surface area contributed by atoms with Crippen LogP contribution in [0.4, 0.5) is 0 Å². The van der Waals surface area contributed by atoms with Crippen LogP contribution in [0.3, 0.4) is 0 Å². The molecule has 42 heteroatoms. The molecule has 0 aromatic rings. The fourth-order valence-electron chi connectivity index (χ4n) is 19.9. The van der Waals surface area contributed by atoms with Gasteiger partial charge >= 0.3 is 0 Å².